The van der Waals surface area contributed by atoms with E-state index in [1.165, 1.54) is 0 Å². The Bertz CT molecular complexity index is 377. The van der Waals surface area contributed by atoms with E-state index in [1.807, 2.05) is 12.1 Å². The number of carbonyl (C=O) groups is 1. The summed E-state index contributed by atoms with van der Waals surface area (Å²) in [5.41, 5.74) is 0. The lowest BCUT2D eigenvalue weighted by molar-refractivity contribution is -0.118. The summed E-state index contributed by atoms with van der Waals surface area (Å²) in [7, 11) is 0. The van der Waals surface area contributed by atoms with Gasteiger partial charge in [-0.2, -0.15) is 0 Å². The van der Waals surface area contributed by atoms with Gasteiger partial charge >= 0.3 is 0 Å². The Kier molecular flexibility index (Phi) is 3.44. The molecule has 1 saturated heterocycles. The van der Waals surface area contributed by atoms with Crippen molar-refractivity contribution in [2.75, 3.05) is 11.4 Å². The number of halogens is 1. The first-order valence-electron chi connectivity index (χ1n) is 5.57. The summed E-state index contributed by atoms with van der Waals surface area (Å²) in [4.78, 5) is 17.9. The lowest BCUT2D eigenvalue weighted by Crippen LogP contribution is -2.44. The number of pyridine rings is 1. The van der Waals surface area contributed by atoms with Gasteiger partial charge in [0.25, 0.3) is 0 Å². The molecule has 2 heterocycles. The van der Waals surface area contributed by atoms with Gasteiger partial charge in [0.2, 0.25) is 0 Å². The van der Waals surface area contributed by atoms with Gasteiger partial charge in [-0.25, -0.2) is 4.98 Å². The summed E-state index contributed by atoms with van der Waals surface area (Å²) in [5, 5.41) is 0.625. The van der Waals surface area contributed by atoms with E-state index in [0.29, 0.717) is 5.02 Å². The summed E-state index contributed by atoms with van der Waals surface area (Å²) in [5.74, 6) is 1.07. The van der Waals surface area contributed by atoms with Crippen molar-refractivity contribution in [1.82, 2.24) is 4.98 Å². The van der Waals surface area contributed by atoms with Gasteiger partial charge < -0.3 is 4.90 Å². The van der Waals surface area contributed by atoms with Gasteiger partial charge in [0.1, 0.15) is 5.82 Å². The number of hydrogen-bond donors (Lipinski definition) is 0. The van der Waals surface area contributed by atoms with Crippen LogP contribution in [0, 0.1) is 0 Å². The lowest BCUT2D eigenvalue weighted by Gasteiger charge is -2.35. The molecule has 1 atom stereocenters. The smallest absolute Gasteiger partial charge is 0.152 e. The van der Waals surface area contributed by atoms with Crippen LogP contribution in [-0.4, -0.2) is 23.4 Å². The van der Waals surface area contributed by atoms with Crippen molar-refractivity contribution in [1.29, 1.82) is 0 Å². The molecule has 2 rings (SSSR count). The predicted octanol–water partition coefficient (Wildman–Crippen LogP) is 2.68. The molecule has 1 aromatic rings. The van der Waals surface area contributed by atoms with Crippen LogP contribution < -0.4 is 4.90 Å². The monoisotopic (exact) mass is 238 g/mol. The summed E-state index contributed by atoms with van der Waals surface area (Å²) >= 11 is 5.80. The van der Waals surface area contributed by atoms with Crippen molar-refractivity contribution < 1.29 is 4.79 Å². The Labute approximate surface area is 100 Å². The van der Waals surface area contributed by atoms with E-state index in [0.717, 1.165) is 31.6 Å². The third kappa shape index (κ3) is 2.35. The molecule has 0 N–H and O–H groups in total. The molecule has 1 unspecified atom stereocenters. The number of piperidine rings is 1. The maximum Gasteiger partial charge on any atom is 0.152 e. The summed E-state index contributed by atoms with van der Waals surface area (Å²) in [6.45, 7) is 2.55. The van der Waals surface area contributed by atoms with Crippen molar-refractivity contribution in [2.45, 2.75) is 32.2 Å². The van der Waals surface area contributed by atoms with E-state index < -0.39 is 0 Å². The zero-order valence-electron chi connectivity index (χ0n) is 9.32. The van der Waals surface area contributed by atoms with Crippen molar-refractivity contribution >= 4 is 23.2 Å². The van der Waals surface area contributed by atoms with Crippen LogP contribution >= 0.6 is 11.6 Å². The van der Waals surface area contributed by atoms with Crippen molar-refractivity contribution in [3.8, 4) is 0 Å². The molecule has 0 amide bonds. The van der Waals surface area contributed by atoms with E-state index in [9.17, 15) is 4.79 Å². The fourth-order valence-corrected chi connectivity index (χ4v) is 2.28. The van der Waals surface area contributed by atoms with Crippen LogP contribution in [0.15, 0.2) is 18.3 Å². The van der Waals surface area contributed by atoms with E-state index in [-0.39, 0.29) is 11.8 Å². The van der Waals surface area contributed by atoms with Crippen LogP contribution in [-0.2, 0) is 4.79 Å². The second kappa shape index (κ2) is 4.83. The van der Waals surface area contributed by atoms with Gasteiger partial charge in [-0.05, 0) is 38.3 Å². The molecule has 1 aromatic heterocycles. The quantitative estimate of drug-likeness (QED) is 0.794. The Morgan fingerprint density at radius 3 is 2.94 bits per heavy atom. The van der Waals surface area contributed by atoms with Gasteiger partial charge in [0.15, 0.2) is 5.78 Å². The zero-order chi connectivity index (χ0) is 11.5. The second-order valence-corrected chi connectivity index (χ2v) is 4.59. The number of Topliss-reactive ketones (excluding diaryl/α,β-unsaturated/α-hetero) is 1. The normalized spacial score (nSPS) is 20.9. The number of nitrogens with zero attached hydrogens (tertiary/aromatic N) is 2. The van der Waals surface area contributed by atoms with Crippen molar-refractivity contribution in [3.05, 3.63) is 23.4 Å². The zero-order valence-corrected chi connectivity index (χ0v) is 10.1. The molecule has 1 fully saturated rings. The Hall–Kier alpha value is -1.09. The minimum absolute atomic E-state index is 0.0116. The molecule has 16 heavy (non-hydrogen) atoms. The van der Waals surface area contributed by atoms with Crippen LogP contribution in [0.1, 0.15) is 26.2 Å². The van der Waals surface area contributed by atoms with Crippen molar-refractivity contribution in [2.24, 2.45) is 0 Å². The van der Waals surface area contributed by atoms with E-state index >= 15 is 0 Å². The lowest BCUT2D eigenvalue weighted by atomic mass is 9.99. The first-order chi connectivity index (χ1) is 7.68. The molecule has 86 valence electrons. The van der Waals surface area contributed by atoms with Crippen LogP contribution in [0.3, 0.4) is 0 Å². The predicted molar refractivity (Wildman–Crippen MR) is 64.9 cm³/mol. The third-order valence-corrected chi connectivity index (χ3v) is 3.20. The van der Waals surface area contributed by atoms with E-state index in [2.05, 4.69) is 9.88 Å². The molecule has 1 aliphatic heterocycles. The number of rotatable bonds is 2. The van der Waals surface area contributed by atoms with Crippen LogP contribution in [0.4, 0.5) is 5.82 Å². The molecule has 3 nitrogen and oxygen atoms in total. The Morgan fingerprint density at radius 2 is 2.31 bits per heavy atom. The Balaban J connectivity index is 2.23. The third-order valence-electron chi connectivity index (χ3n) is 2.98. The maximum atomic E-state index is 11.6. The molecule has 0 bridgehead atoms. The molecule has 4 heteroatoms. The minimum Gasteiger partial charge on any atom is -0.347 e. The highest BCUT2D eigenvalue weighted by molar-refractivity contribution is 6.30. The summed E-state index contributed by atoms with van der Waals surface area (Å²) < 4.78 is 0. The number of carbonyl (C=O) groups excluding carboxylic acids is 1. The van der Waals surface area contributed by atoms with Gasteiger partial charge in [0.05, 0.1) is 11.1 Å². The highest BCUT2D eigenvalue weighted by Gasteiger charge is 2.26. The molecule has 0 radical (unpaired) electrons. The molecular weight excluding hydrogens is 224 g/mol. The largest absolute Gasteiger partial charge is 0.347 e. The van der Waals surface area contributed by atoms with Crippen LogP contribution in [0.2, 0.25) is 5.02 Å². The second-order valence-electron chi connectivity index (χ2n) is 4.15. The van der Waals surface area contributed by atoms with Gasteiger partial charge in [0, 0.05) is 12.7 Å². The first kappa shape index (κ1) is 11.4. The highest BCUT2D eigenvalue weighted by atomic mass is 35.5. The molecular formula is C12H15ClN2O. The Morgan fingerprint density at radius 1 is 1.50 bits per heavy atom. The highest BCUT2D eigenvalue weighted by Crippen LogP contribution is 2.24. The molecule has 0 saturated carbocycles. The average molecular weight is 239 g/mol. The number of ketones is 1. The molecule has 0 spiro atoms. The fourth-order valence-electron chi connectivity index (χ4n) is 2.17. The SMILES string of the molecule is CC(=O)C1CCCCN1c1ccc(Cl)cn1. The molecule has 1 aliphatic rings. The summed E-state index contributed by atoms with van der Waals surface area (Å²) in [6.07, 6.45) is 4.80. The van der Waals surface area contributed by atoms with Crippen molar-refractivity contribution in [3.63, 3.8) is 0 Å². The van der Waals surface area contributed by atoms with Gasteiger partial charge in [-0.15, -0.1) is 0 Å². The number of aromatic nitrogens is 1. The average Bonchev–Trinajstić information content (AvgIpc) is 2.30. The fraction of sp³-hybridized carbons (Fsp3) is 0.500. The number of hydrogen-bond acceptors (Lipinski definition) is 3. The van der Waals surface area contributed by atoms with Crippen LogP contribution in [0.5, 0.6) is 0 Å². The maximum absolute atomic E-state index is 11.6. The topological polar surface area (TPSA) is 33.2 Å². The number of anilines is 1. The van der Waals surface area contributed by atoms with Gasteiger partial charge in [-0.1, -0.05) is 11.6 Å². The van der Waals surface area contributed by atoms with Gasteiger partial charge in [-0.3, -0.25) is 4.79 Å². The van der Waals surface area contributed by atoms with E-state index in [1.54, 1.807) is 13.1 Å². The first-order valence-corrected chi connectivity index (χ1v) is 5.95. The molecule has 0 aromatic carbocycles. The molecule has 0 aliphatic carbocycles. The summed E-state index contributed by atoms with van der Waals surface area (Å²) in [6, 6.07) is 3.68. The van der Waals surface area contributed by atoms with E-state index in [4.69, 9.17) is 11.6 Å². The standard InChI is InChI=1S/C12H15ClN2O/c1-9(16)11-4-2-3-7-15(11)12-6-5-10(13)8-14-12/h5-6,8,11H,2-4,7H2,1H3. The minimum atomic E-state index is -0.0116. The van der Waals surface area contributed by atoms with Crippen LogP contribution in [0.25, 0.3) is 0 Å².